The Morgan fingerprint density at radius 3 is 1.90 bits per heavy atom. The second-order valence-electron chi connectivity index (χ2n) is 11.3. The quantitative estimate of drug-likeness (QED) is 0.439. The van der Waals surface area contributed by atoms with Crippen LogP contribution in [0.3, 0.4) is 0 Å². The highest BCUT2D eigenvalue weighted by atomic mass is 16.5. The van der Waals surface area contributed by atoms with Crippen LogP contribution in [0.5, 0.6) is 0 Å². The molecule has 1 aromatic heterocycles. The summed E-state index contributed by atoms with van der Waals surface area (Å²) in [7, 11) is 1.80. The van der Waals surface area contributed by atoms with Gasteiger partial charge in [0.1, 0.15) is 0 Å². The third-order valence-corrected chi connectivity index (χ3v) is 6.61. The van der Waals surface area contributed by atoms with Crippen molar-refractivity contribution in [1.29, 1.82) is 0 Å². The first-order valence-corrected chi connectivity index (χ1v) is 11.4. The molecule has 2 nitrogen and oxygen atoms in total. The van der Waals surface area contributed by atoms with Gasteiger partial charge >= 0.3 is 0 Å². The summed E-state index contributed by atoms with van der Waals surface area (Å²) in [5.74, 6) is 0.551. The van der Waals surface area contributed by atoms with E-state index in [1.54, 1.807) is 7.11 Å². The van der Waals surface area contributed by atoms with Crippen molar-refractivity contribution in [3.05, 3.63) is 65.0 Å². The van der Waals surface area contributed by atoms with Crippen LogP contribution in [0.2, 0.25) is 0 Å². The minimum absolute atomic E-state index is 0.000693. The Balaban J connectivity index is 2.10. The van der Waals surface area contributed by atoms with Gasteiger partial charge < -0.3 is 4.74 Å². The topological polar surface area (TPSA) is 22.1 Å². The molecule has 0 N–H and O–H groups in total. The number of benzene rings is 1. The largest absolute Gasteiger partial charge is 0.384 e. The lowest BCUT2D eigenvalue weighted by molar-refractivity contribution is 0.0776. The van der Waals surface area contributed by atoms with Gasteiger partial charge in [-0.25, -0.2) is 0 Å². The van der Waals surface area contributed by atoms with Crippen LogP contribution in [0.15, 0.2) is 42.6 Å². The van der Waals surface area contributed by atoms with Gasteiger partial charge in [-0.05, 0) is 52.3 Å². The Kier molecular flexibility index (Phi) is 7.91. The van der Waals surface area contributed by atoms with Crippen molar-refractivity contribution in [3.8, 4) is 0 Å². The maximum atomic E-state index is 5.45. The van der Waals surface area contributed by atoms with Crippen molar-refractivity contribution in [2.75, 3.05) is 13.7 Å². The minimum Gasteiger partial charge on any atom is -0.384 e. The number of aromatic nitrogens is 1. The van der Waals surface area contributed by atoms with E-state index in [1.165, 1.54) is 16.7 Å². The minimum atomic E-state index is -0.000693. The zero-order chi connectivity index (χ0) is 22.6. The molecule has 1 aromatic carbocycles. The van der Waals surface area contributed by atoms with Crippen molar-refractivity contribution < 1.29 is 4.74 Å². The molecule has 1 heterocycles. The first-order valence-electron chi connectivity index (χ1n) is 11.4. The van der Waals surface area contributed by atoms with Gasteiger partial charge in [0.25, 0.3) is 0 Å². The number of nitrogens with zero attached hydrogens (tertiary/aromatic N) is 1. The lowest BCUT2D eigenvalue weighted by atomic mass is 9.73. The van der Waals surface area contributed by atoms with E-state index >= 15 is 0 Å². The first-order chi connectivity index (χ1) is 13.9. The molecule has 2 aromatic rings. The fraction of sp³-hybridized carbons (Fsp3) is 0.607. The van der Waals surface area contributed by atoms with Gasteiger partial charge in [-0.1, -0.05) is 92.1 Å². The van der Waals surface area contributed by atoms with Crippen molar-refractivity contribution in [1.82, 2.24) is 4.98 Å². The van der Waals surface area contributed by atoms with E-state index in [1.807, 2.05) is 0 Å². The van der Waals surface area contributed by atoms with Gasteiger partial charge in [0.2, 0.25) is 0 Å². The van der Waals surface area contributed by atoms with Crippen molar-refractivity contribution in [3.63, 3.8) is 0 Å². The molecule has 0 aliphatic rings. The Morgan fingerprint density at radius 2 is 1.43 bits per heavy atom. The van der Waals surface area contributed by atoms with Crippen LogP contribution >= 0.6 is 0 Å². The summed E-state index contributed by atoms with van der Waals surface area (Å²) in [6, 6.07) is 13.6. The maximum absolute atomic E-state index is 5.45. The number of hydrogen-bond donors (Lipinski definition) is 0. The lowest BCUT2D eigenvalue weighted by Gasteiger charge is -2.33. The van der Waals surface area contributed by atoms with E-state index in [-0.39, 0.29) is 16.2 Å². The van der Waals surface area contributed by atoms with E-state index in [0.717, 1.165) is 31.6 Å². The molecule has 0 bridgehead atoms. The van der Waals surface area contributed by atoms with Crippen molar-refractivity contribution in [2.45, 2.75) is 85.5 Å². The molecule has 0 saturated heterocycles. The molecule has 0 unspecified atom stereocenters. The summed E-state index contributed by atoms with van der Waals surface area (Å²) in [5.41, 5.74) is 5.60. The molecule has 0 radical (unpaired) electrons. The molecule has 0 amide bonds. The smallest absolute Gasteiger partial charge is 0.0495 e. The summed E-state index contributed by atoms with van der Waals surface area (Å²) in [6.45, 7) is 19.1. The number of methoxy groups -OCH3 is 1. The van der Waals surface area contributed by atoms with Crippen LogP contribution in [0, 0.1) is 11.3 Å². The fourth-order valence-electron chi connectivity index (χ4n) is 4.42. The number of ether oxygens (including phenoxy) is 1. The molecule has 166 valence electrons. The van der Waals surface area contributed by atoms with Gasteiger partial charge in [-0.15, -0.1) is 0 Å². The van der Waals surface area contributed by atoms with Gasteiger partial charge in [0.15, 0.2) is 0 Å². The zero-order valence-corrected chi connectivity index (χ0v) is 20.8. The van der Waals surface area contributed by atoms with Crippen LogP contribution in [0.25, 0.3) is 0 Å². The standard InChI is InChI=1S/C28H43NO/c1-10-23(20-30-9)27(5,6)18-22-13-16-25(29-19-22)28(7,8)17-21-11-14-24(15-12-21)26(2,3)4/h11-16,19,23H,10,17-18,20H2,1-9H3/t23-/m0/s1. The average molecular weight is 410 g/mol. The predicted molar refractivity (Wildman–Crippen MR) is 129 cm³/mol. The second kappa shape index (κ2) is 9.64. The zero-order valence-electron chi connectivity index (χ0n) is 20.8. The second-order valence-corrected chi connectivity index (χ2v) is 11.3. The Labute approximate surface area is 185 Å². The lowest BCUT2D eigenvalue weighted by Crippen LogP contribution is -2.29. The summed E-state index contributed by atoms with van der Waals surface area (Å²) in [4.78, 5) is 4.89. The third-order valence-electron chi connectivity index (χ3n) is 6.61. The summed E-state index contributed by atoms with van der Waals surface area (Å²) in [6.07, 6.45) is 5.23. The highest BCUT2D eigenvalue weighted by Crippen LogP contribution is 2.34. The molecule has 30 heavy (non-hydrogen) atoms. The molecule has 0 aliphatic heterocycles. The SMILES string of the molecule is CC[C@@H](COC)C(C)(C)Cc1ccc(C(C)(C)Cc2ccc(C(C)(C)C)cc2)nc1. The Morgan fingerprint density at radius 1 is 0.833 bits per heavy atom. The average Bonchev–Trinajstić information content (AvgIpc) is 2.65. The molecular weight excluding hydrogens is 366 g/mol. The monoisotopic (exact) mass is 409 g/mol. The molecular formula is C28H43NO. The molecule has 0 saturated carbocycles. The molecule has 0 aliphatic carbocycles. The molecule has 2 rings (SSSR count). The third kappa shape index (κ3) is 6.41. The summed E-state index contributed by atoms with van der Waals surface area (Å²) >= 11 is 0. The van der Waals surface area contributed by atoms with E-state index < -0.39 is 0 Å². The Bertz CT molecular complexity index is 779. The van der Waals surface area contributed by atoms with Crippen LogP contribution in [0.4, 0.5) is 0 Å². The molecule has 1 atom stereocenters. The van der Waals surface area contributed by atoms with Crippen LogP contribution in [-0.2, 0) is 28.4 Å². The van der Waals surface area contributed by atoms with Gasteiger partial charge in [0, 0.05) is 31.0 Å². The predicted octanol–water partition coefficient (Wildman–Crippen LogP) is 7.14. The van der Waals surface area contributed by atoms with Gasteiger partial charge in [-0.2, -0.15) is 0 Å². The maximum Gasteiger partial charge on any atom is 0.0495 e. The first kappa shape index (κ1) is 24.6. The van der Waals surface area contributed by atoms with Crippen LogP contribution in [-0.4, -0.2) is 18.7 Å². The Hall–Kier alpha value is -1.67. The molecule has 0 spiro atoms. The van der Waals surface area contributed by atoms with Crippen molar-refractivity contribution in [2.24, 2.45) is 11.3 Å². The van der Waals surface area contributed by atoms with Crippen LogP contribution in [0.1, 0.15) is 84.2 Å². The van der Waals surface area contributed by atoms with E-state index in [0.29, 0.717) is 5.92 Å². The number of pyridine rings is 1. The highest BCUT2D eigenvalue weighted by Gasteiger charge is 2.29. The number of rotatable bonds is 9. The normalized spacial score (nSPS) is 14.0. The molecule has 0 fully saturated rings. The van der Waals surface area contributed by atoms with Crippen LogP contribution < -0.4 is 0 Å². The summed E-state index contributed by atoms with van der Waals surface area (Å²) < 4.78 is 5.45. The molecule has 2 heteroatoms. The van der Waals surface area contributed by atoms with E-state index in [9.17, 15) is 0 Å². The van der Waals surface area contributed by atoms with Gasteiger partial charge in [-0.3, -0.25) is 4.98 Å². The fourth-order valence-corrected chi connectivity index (χ4v) is 4.42. The summed E-state index contributed by atoms with van der Waals surface area (Å²) in [5, 5.41) is 0. The number of hydrogen-bond acceptors (Lipinski definition) is 2. The van der Waals surface area contributed by atoms with E-state index in [4.69, 9.17) is 9.72 Å². The highest BCUT2D eigenvalue weighted by molar-refractivity contribution is 5.30. The van der Waals surface area contributed by atoms with Crippen molar-refractivity contribution >= 4 is 0 Å². The van der Waals surface area contributed by atoms with E-state index in [2.05, 4.69) is 98.0 Å². The van der Waals surface area contributed by atoms with Gasteiger partial charge in [0.05, 0.1) is 0 Å².